The van der Waals surface area contributed by atoms with Crippen LogP contribution in [0.15, 0.2) is 41.4 Å². The normalized spacial score (nSPS) is 28.0. The molecule has 0 radical (unpaired) electrons. The third-order valence-electron chi connectivity index (χ3n) is 5.81. The van der Waals surface area contributed by atoms with E-state index in [4.69, 9.17) is 0 Å². The molecule has 3 atom stereocenters. The van der Waals surface area contributed by atoms with Gasteiger partial charge in [-0.2, -0.15) is 0 Å². The van der Waals surface area contributed by atoms with Gasteiger partial charge in [-0.05, 0) is 44.3 Å². The van der Waals surface area contributed by atoms with E-state index in [1.54, 1.807) is 29.5 Å². The van der Waals surface area contributed by atoms with E-state index in [9.17, 15) is 4.79 Å². The van der Waals surface area contributed by atoms with Gasteiger partial charge in [0.15, 0.2) is 10.4 Å². The highest BCUT2D eigenvalue weighted by atomic mass is 32.1. The van der Waals surface area contributed by atoms with Crippen LogP contribution in [0.25, 0.3) is 22.5 Å². The molecule has 0 unspecified atom stereocenters. The van der Waals surface area contributed by atoms with Gasteiger partial charge in [0.25, 0.3) is 0 Å². The predicted molar refractivity (Wildman–Crippen MR) is 110 cm³/mol. The number of halogens is 1. The van der Waals surface area contributed by atoms with Crippen molar-refractivity contribution in [2.45, 2.75) is 50.4 Å². The van der Waals surface area contributed by atoms with Gasteiger partial charge in [-0.1, -0.05) is 11.3 Å². The predicted octanol–water partition coefficient (Wildman–Crippen LogP) is 3.11. The van der Waals surface area contributed by atoms with Crippen molar-refractivity contribution < 1.29 is 4.39 Å². The lowest BCUT2D eigenvalue weighted by molar-refractivity contribution is 0.0993. The van der Waals surface area contributed by atoms with E-state index in [0.717, 1.165) is 24.8 Å². The van der Waals surface area contributed by atoms with Gasteiger partial charge in [-0.3, -0.25) is 9.36 Å². The van der Waals surface area contributed by atoms with Crippen LogP contribution < -0.4 is 10.7 Å². The first kappa shape index (κ1) is 18.4. The summed E-state index contributed by atoms with van der Waals surface area (Å²) >= 11 is 1.30. The maximum Gasteiger partial charge on any atom is 0.194 e. The number of hydrogen-bond acceptors (Lipinski definition) is 6. The number of nitrogens with one attached hydrogen (secondary N) is 2. The first-order chi connectivity index (χ1) is 14.0. The third kappa shape index (κ3) is 3.34. The van der Waals surface area contributed by atoms with Crippen LogP contribution in [0.1, 0.15) is 37.6 Å². The molecule has 150 valence electrons. The van der Waals surface area contributed by atoms with Crippen LogP contribution >= 0.6 is 11.3 Å². The van der Waals surface area contributed by atoms with Crippen molar-refractivity contribution in [3.63, 3.8) is 0 Å². The van der Waals surface area contributed by atoms with Gasteiger partial charge in [-0.15, -0.1) is 10.2 Å². The Kier molecular flexibility index (Phi) is 4.44. The Morgan fingerprint density at radius 2 is 2.31 bits per heavy atom. The summed E-state index contributed by atoms with van der Waals surface area (Å²) in [6.07, 6.45) is 11.1. The summed E-state index contributed by atoms with van der Waals surface area (Å²) in [7, 11) is 0. The van der Waals surface area contributed by atoms with Gasteiger partial charge in [0.05, 0.1) is 11.1 Å². The number of piperidine rings is 2. The fourth-order valence-corrected chi connectivity index (χ4v) is 5.19. The van der Waals surface area contributed by atoms with Crippen LogP contribution in [-0.2, 0) is 0 Å². The van der Waals surface area contributed by atoms with Crippen molar-refractivity contribution in [1.82, 2.24) is 30.0 Å². The van der Waals surface area contributed by atoms with Crippen LogP contribution in [0.2, 0.25) is 0 Å². The Morgan fingerprint density at radius 3 is 3.10 bits per heavy atom. The number of aromatic amines is 1. The van der Waals surface area contributed by atoms with E-state index in [2.05, 4.69) is 25.5 Å². The highest BCUT2D eigenvalue weighted by Crippen LogP contribution is 2.39. The Morgan fingerprint density at radius 1 is 1.41 bits per heavy atom. The highest BCUT2D eigenvalue weighted by Gasteiger charge is 2.45. The van der Waals surface area contributed by atoms with Crippen molar-refractivity contribution in [3.8, 4) is 16.4 Å². The van der Waals surface area contributed by atoms with Crippen LogP contribution in [0.4, 0.5) is 4.39 Å². The van der Waals surface area contributed by atoms with E-state index in [1.807, 2.05) is 13.0 Å². The molecule has 29 heavy (non-hydrogen) atoms. The van der Waals surface area contributed by atoms with E-state index in [1.165, 1.54) is 17.4 Å². The minimum absolute atomic E-state index is 0.157. The van der Waals surface area contributed by atoms with Gasteiger partial charge in [0.2, 0.25) is 0 Å². The Hall–Kier alpha value is -2.65. The van der Waals surface area contributed by atoms with Gasteiger partial charge in [0, 0.05) is 30.7 Å². The molecular formula is C20H21FN6OS. The van der Waals surface area contributed by atoms with Gasteiger partial charge >= 0.3 is 0 Å². The molecule has 7 nitrogen and oxygen atoms in total. The fraction of sp³-hybridized carbons (Fsp3) is 0.400. The minimum atomic E-state index is -1.04. The summed E-state index contributed by atoms with van der Waals surface area (Å²) in [5, 5.41) is 12.9. The lowest BCUT2D eigenvalue weighted by Crippen LogP contribution is -2.61. The van der Waals surface area contributed by atoms with Gasteiger partial charge in [-0.25, -0.2) is 9.37 Å². The average Bonchev–Trinajstić information content (AvgIpc) is 3.38. The molecule has 0 aromatic carbocycles. The third-order valence-corrected chi connectivity index (χ3v) is 6.71. The molecule has 9 heteroatoms. The van der Waals surface area contributed by atoms with Crippen molar-refractivity contribution in [2.75, 3.05) is 0 Å². The molecule has 3 aromatic heterocycles. The minimum Gasteiger partial charge on any atom is -0.347 e. The molecule has 5 heterocycles. The lowest BCUT2D eigenvalue weighted by atomic mass is 9.74. The number of alkyl halides is 1. The zero-order valence-electron chi connectivity index (χ0n) is 15.9. The van der Waals surface area contributed by atoms with E-state index < -0.39 is 11.7 Å². The summed E-state index contributed by atoms with van der Waals surface area (Å²) < 4.78 is 16.8. The quantitative estimate of drug-likeness (QED) is 0.690. The summed E-state index contributed by atoms with van der Waals surface area (Å²) in [5.41, 5.74) is 0.556. The summed E-state index contributed by atoms with van der Waals surface area (Å²) in [6, 6.07) is 1.82. The summed E-state index contributed by atoms with van der Waals surface area (Å²) in [4.78, 5) is 19.6. The number of imidazole rings is 1. The highest BCUT2D eigenvalue weighted by molar-refractivity contribution is 7.15. The molecule has 0 amide bonds. The topological polar surface area (TPSA) is 88.5 Å². The zero-order chi connectivity index (χ0) is 20.0. The average molecular weight is 412 g/mol. The second-order valence-electron chi connectivity index (χ2n) is 7.95. The molecule has 0 saturated carbocycles. The first-order valence-corrected chi connectivity index (χ1v) is 10.5. The molecule has 3 aromatic rings. The Labute approximate surface area is 170 Å². The van der Waals surface area contributed by atoms with E-state index >= 15 is 4.39 Å². The van der Waals surface area contributed by atoms with Crippen LogP contribution in [-0.4, -0.2) is 42.5 Å². The molecule has 2 aliphatic rings. The first-order valence-electron chi connectivity index (χ1n) is 9.69. The number of aromatic nitrogens is 5. The number of hydrogen-bond donors (Lipinski definition) is 2. The van der Waals surface area contributed by atoms with Crippen molar-refractivity contribution >= 4 is 17.4 Å². The molecule has 2 N–H and O–H groups in total. The molecule has 2 fully saturated rings. The molecule has 2 bridgehead atoms. The molecule has 0 aliphatic carbocycles. The maximum absolute atomic E-state index is 15.1. The molecule has 2 saturated heterocycles. The number of rotatable bonds is 3. The molecule has 2 aliphatic heterocycles. The monoisotopic (exact) mass is 412 g/mol. The molecule has 5 rings (SSSR count). The zero-order valence-corrected chi connectivity index (χ0v) is 16.7. The number of nitrogens with zero attached hydrogens (tertiary/aromatic N) is 4. The van der Waals surface area contributed by atoms with Crippen LogP contribution in [0.3, 0.4) is 0 Å². The second-order valence-corrected chi connectivity index (χ2v) is 8.96. The largest absolute Gasteiger partial charge is 0.347 e. The second kappa shape index (κ2) is 7.00. The molecular weight excluding hydrogens is 391 g/mol. The Balaban J connectivity index is 1.43. The van der Waals surface area contributed by atoms with Crippen molar-refractivity contribution in [2.24, 2.45) is 0 Å². The number of H-pyrrole nitrogens is 1. The number of fused-ring (bicyclic) bond motifs is 2. The smallest absolute Gasteiger partial charge is 0.194 e. The van der Waals surface area contributed by atoms with Gasteiger partial charge < -0.3 is 10.3 Å². The van der Waals surface area contributed by atoms with Crippen molar-refractivity contribution in [3.05, 3.63) is 51.8 Å². The summed E-state index contributed by atoms with van der Waals surface area (Å²) in [5.74, 6) is 0.623. The summed E-state index contributed by atoms with van der Waals surface area (Å²) in [6.45, 7) is 1.96. The standard InChI is InChI=1S/C20H21FN6OS/c1-20-4-2-3-13(24-20)7-12(18(20)21)8-17-25-26-19(29-17)14-10-23-16(9-15(14)28)27-6-5-22-11-27/h5-6,8-11,13,18,24H,2-4,7H2,1H3,(H,23,28)/b12-8+/t13-,18+,20+/m1/s1. The SMILES string of the molecule is C[C@]12CCC[C@H](C/C(=C\c3nnc(-c4c[nH]c(-n5ccnc5)cc4=O)s3)[C@@H]1F)N2. The van der Waals surface area contributed by atoms with Crippen LogP contribution in [0.5, 0.6) is 0 Å². The van der Waals surface area contributed by atoms with Crippen molar-refractivity contribution in [1.29, 1.82) is 0 Å². The fourth-order valence-electron chi connectivity index (χ4n) is 4.35. The van der Waals surface area contributed by atoms with E-state index in [-0.39, 0.29) is 5.43 Å². The van der Waals surface area contributed by atoms with Crippen LogP contribution in [0, 0.1) is 0 Å². The van der Waals surface area contributed by atoms with E-state index in [0.29, 0.717) is 33.9 Å². The molecule has 0 spiro atoms. The van der Waals surface area contributed by atoms with Gasteiger partial charge in [0.1, 0.15) is 23.3 Å². The Bertz CT molecular complexity index is 1120. The number of pyridine rings is 1. The maximum atomic E-state index is 15.1. The lowest BCUT2D eigenvalue weighted by Gasteiger charge is -2.47.